The highest BCUT2D eigenvalue weighted by atomic mass is 19.1. The number of carbonyl (C=O) groups is 1. The van der Waals surface area contributed by atoms with Gasteiger partial charge in [-0.15, -0.1) is 10.2 Å². The molecule has 0 aliphatic rings. The predicted molar refractivity (Wildman–Crippen MR) is 125 cm³/mol. The summed E-state index contributed by atoms with van der Waals surface area (Å²) >= 11 is 0. The summed E-state index contributed by atoms with van der Waals surface area (Å²) in [5, 5.41) is 11.2. The Morgan fingerprint density at radius 3 is 2.68 bits per heavy atom. The maximum atomic E-state index is 13.6. The first-order valence-corrected chi connectivity index (χ1v) is 10.9. The summed E-state index contributed by atoms with van der Waals surface area (Å²) in [4.78, 5) is 25.5. The minimum atomic E-state index is -0.439. The van der Waals surface area contributed by atoms with E-state index in [1.807, 2.05) is 38.1 Å². The maximum Gasteiger partial charge on any atom is 0.300 e. The summed E-state index contributed by atoms with van der Waals surface area (Å²) in [5.74, 6) is 0.761. The summed E-state index contributed by atoms with van der Waals surface area (Å²) in [7, 11) is 1.60. The van der Waals surface area contributed by atoms with Crippen molar-refractivity contribution in [1.82, 2.24) is 24.5 Å². The van der Waals surface area contributed by atoms with Crippen LogP contribution < -0.4 is 15.6 Å². The molecular weight excluding hydrogens is 437 g/mol. The summed E-state index contributed by atoms with van der Waals surface area (Å²) in [5.41, 5.74) is 0.598. The summed E-state index contributed by atoms with van der Waals surface area (Å²) < 4.78 is 21.9. The molecule has 2 aromatic heterocycles. The predicted octanol–water partition coefficient (Wildman–Crippen LogP) is 3.30. The van der Waals surface area contributed by atoms with E-state index in [1.165, 1.54) is 22.8 Å². The molecule has 0 fully saturated rings. The number of nitrogens with zero attached hydrogens (tertiary/aromatic N) is 4. The van der Waals surface area contributed by atoms with Crippen LogP contribution in [0.4, 0.5) is 4.39 Å². The molecule has 1 amide bonds. The number of rotatable bonds is 8. The van der Waals surface area contributed by atoms with Crippen LogP contribution in [0.3, 0.4) is 0 Å². The Hall–Kier alpha value is -4.01. The third kappa shape index (κ3) is 4.98. The average Bonchev–Trinajstić information content (AvgIpc) is 3.20. The SMILES string of the molecule is COc1ccccc1CNC(=O)CC(C)(C)Cc1nnc2c(=O)n(-c3cccc(F)c3)ccn12. The largest absolute Gasteiger partial charge is 0.496 e. The molecule has 0 radical (unpaired) electrons. The van der Waals surface area contributed by atoms with Gasteiger partial charge in [0.25, 0.3) is 0 Å². The molecule has 0 spiro atoms. The molecule has 0 aliphatic heterocycles. The van der Waals surface area contributed by atoms with Crippen LogP contribution in [0.5, 0.6) is 5.75 Å². The zero-order valence-electron chi connectivity index (χ0n) is 19.3. The van der Waals surface area contributed by atoms with Crippen molar-refractivity contribution in [3.05, 3.63) is 88.5 Å². The Balaban J connectivity index is 1.47. The molecule has 0 unspecified atom stereocenters. The van der Waals surface area contributed by atoms with E-state index in [0.717, 1.165) is 11.3 Å². The van der Waals surface area contributed by atoms with Crippen molar-refractivity contribution >= 4 is 11.6 Å². The fourth-order valence-electron chi connectivity index (χ4n) is 3.92. The minimum absolute atomic E-state index is 0.0989. The molecule has 4 rings (SSSR count). The number of amides is 1. The van der Waals surface area contributed by atoms with E-state index in [9.17, 15) is 14.0 Å². The highest BCUT2D eigenvalue weighted by Crippen LogP contribution is 2.26. The van der Waals surface area contributed by atoms with Crippen molar-refractivity contribution in [2.45, 2.75) is 33.2 Å². The quantitative estimate of drug-likeness (QED) is 0.433. The lowest BCUT2D eigenvalue weighted by molar-refractivity contribution is -0.123. The number of methoxy groups -OCH3 is 1. The summed E-state index contributed by atoms with van der Waals surface area (Å²) in [6, 6.07) is 13.3. The van der Waals surface area contributed by atoms with Gasteiger partial charge in [0.1, 0.15) is 17.4 Å². The second-order valence-corrected chi connectivity index (χ2v) is 8.87. The molecule has 0 aliphatic carbocycles. The Kier molecular flexibility index (Phi) is 6.45. The zero-order chi connectivity index (χ0) is 24.3. The van der Waals surface area contributed by atoms with Gasteiger partial charge in [-0.2, -0.15) is 0 Å². The fourth-order valence-corrected chi connectivity index (χ4v) is 3.92. The number of carbonyl (C=O) groups excluding carboxylic acids is 1. The van der Waals surface area contributed by atoms with Crippen LogP contribution in [0.2, 0.25) is 0 Å². The van der Waals surface area contributed by atoms with Gasteiger partial charge < -0.3 is 10.1 Å². The number of benzene rings is 2. The Labute approximate surface area is 196 Å². The number of aromatic nitrogens is 4. The normalized spacial score (nSPS) is 11.5. The van der Waals surface area contributed by atoms with Gasteiger partial charge in [0.2, 0.25) is 11.6 Å². The number of nitrogens with one attached hydrogen (secondary N) is 1. The highest BCUT2D eigenvalue weighted by Gasteiger charge is 2.26. The number of hydrogen-bond donors (Lipinski definition) is 1. The first-order valence-electron chi connectivity index (χ1n) is 10.9. The van der Waals surface area contributed by atoms with Crippen LogP contribution in [-0.4, -0.2) is 32.2 Å². The van der Waals surface area contributed by atoms with Crippen molar-refractivity contribution in [2.75, 3.05) is 7.11 Å². The molecule has 0 atom stereocenters. The molecule has 2 heterocycles. The Bertz CT molecular complexity index is 1390. The van der Waals surface area contributed by atoms with Crippen LogP contribution in [-0.2, 0) is 17.8 Å². The lowest BCUT2D eigenvalue weighted by Gasteiger charge is -2.23. The summed E-state index contributed by atoms with van der Waals surface area (Å²) in [6.07, 6.45) is 3.93. The fraction of sp³-hybridized carbons (Fsp3) is 0.280. The first-order chi connectivity index (χ1) is 16.3. The van der Waals surface area contributed by atoms with Crippen LogP contribution in [0.25, 0.3) is 11.3 Å². The lowest BCUT2D eigenvalue weighted by atomic mass is 9.85. The van der Waals surface area contributed by atoms with E-state index >= 15 is 0 Å². The van der Waals surface area contributed by atoms with Crippen molar-refractivity contribution in [3.63, 3.8) is 0 Å². The van der Waals surface area contributed by atoms with Gasteiger partial charge in [0.15, 0.2) is 0 Å². The van der Waals surface area contributed by atoms with Gasteiger partial charge in [-0.05, 0) is 29.7 Å². The first kappa shape index (κ1) is 23.2. The van der Waals surface area contributed by atoms with Gasteiger partial charge in [-0.1, -0.05) is 38.1 Å². The van der Waals surface area contributed by atoms with E-state index in [1.54, 1.807) is 30.0 Å². The van der Waals surface area contributed by atoms with Gasteiger partial charge in [0.05, 0.1) is 12.8 Å². The number of para-hydroxylation sites is 1. The number of halogens is 1. The molecule has 0 saturated carbocycles. The molecule has 0 bridgehead atoms. The molecule has 0 saturated heterocycles. The number of hydrogen-bond acceptors (Lipinski definition) is 5. The molecule has 34 heavy (non-hydrogen) atoms. The van der Waals surface area contributed by atoms with E-state index in [-0.39, 0.29) is 18.0 Å². The number of ether oxygens (including phenoxy) is 1. The van der Waals surface area contributed by atoms with E-state index in [4.69, 9.17) is 4.74 Å². The topological polar surface area (TPSA) is 90.5 Å². The van der Waals surface area contributed by atoms with Crippen LogP contribution >= 0.6 is 0 Å². The average molecular weight is 464 g/mol. The third-order valence-corrected chi connectivity index (χ3v) is 5.57. The smallest absolute Gasteiger partial charge is 0.300 e. The van der Waals surface area contributed by atoms with Crippen LogP contribution in [0, 0.1) is 11.2 Å². The van der Waals surface area contributed by atoms with Crippen molar-refractivity contribution in [3.8, 4) is 11.4 Å². The van der Waals surface area contributed by atoms with Crippen molar-refractivity contribution < 1.29 is 13.9 Å². The van der Waals surface area contributed by atoms with Crippen molar-refractivity contribution in [2.24, 2.45) is 5.41 Å². The van der Waals surface area contributed by atoms with Gasteiger partial charge >= 0.3 is 5.56 Å². The second-order valence-electron chi connectivity index (χ2n) is 8.87. The van der Waals surface area contributed by atoms with Crippen molar-refractivity contribution in [1.29, 1.82) is 0 Å². The molecule has 1 N–H and O–H groups in total. The highest BCUT2D eigenvalue weighted by molar-refractivity contribution is 5.76. The minimum Gasteiger partial charge on any atom is -0.496 e. The molecular formula is C25H26FN5O3. The maximum absolute atomic E-state index is 13.6. The number of fused-ring (bicyclic) bond motifs is 1. The monoisotopic (exact) mass is 463 g/mol. The van der Waals surface area contributed by atoms with Crippen LogP contribution in [0.15, 0.2) is 65.7 Å². The van der Waals surface area contributed by atoms with Crippen LogP contribution in [0.1, 0.15) is 31.7 Å². The molecule has 176 valence electrons. The molecule has 9 heteroatoms. The third-order valence-electron chi connectivity index (χ3n) is 5.57. The molecule has 4 aromatic rings. The Morgan fingerprint density at radius 1 is 1.12 bits per heavy atom. The second kappa shape index (κ2) is 9.46. The lowest BCUT2D eigenvalue weighted by Crippen LogP contribution is -2.30. The molecule has 2 aromatic carbocycles. The zero-order valence-corrected chi connectivity index (χ0v) is 19.3. The van der Waals surface area contributed by atoms with E-state index < -0.39 is 16.8 Å². The van der Waals surface area contributed by atoms with Gasteiger partial charge in [0, 0.05) is 37.3 Å². The van der Waals surface area contributed by atoms with Gasteiger partial charge in [-0.25, -0.2) is 4.39 Å². The van der Waals surface area contributed by atoms with Gasteiger partial charge in [-0.3, -0.25) is 18.6 Å². The standard InChI is InChI=1S/C25H26FN5O3/c1-25(2,15-22(32)27-16-17-7-4-5-10-20(17)34-3)14-21-28-29-23-24(33)30(11-12-31(21)23)19-9-6-8-18(26)13-19/h4-13H,14-16H2,1-3H3,(H,27,32). The van der Waals surface area contributed by atoms with E-state index in [0.29, 0.717) is 24.5 Å². The van der Waals surface area contributed by atoms with E-state index in [2.05, 4.69) is 15.5 Å². The Morgan fingerprint density at radius 2 is 1.91 bits per heavy atom. The summed E-state index contributed by atoms with van der Waals surface area (Å²) in [6.45, 7) is 4.29. The molecule has 8 nitrogen and oxygen atoms in total.